The predicted octanol–water partition coefficient (Wildman–Crippen LogP) is 3.57. The van der Waals surface area contributed by atoms with Crippen LogP contribution in [0.5, 0.6) is 0 Å². The van der Waals surface area contributed by atoms with E-state index in [1.165, 1.54) is 30.6 Å². The van der Waals surface area contributed by atoms with Gasteiger partial charge >= 0.3 is 11.8 Å². The van der Waals surface area contributed by atoms with Gasteiger partial charge in [0.05, 0.1) is 22.4 Å². The van der Waals surface area contributed by atoms with Crippen LogP contribution in [0, 0.1) is 0 Å². The summed E-state index contributed by atoms with van der Waals surface area (Å²) in [7, 11) is 0. The standard InChI is InChI=1S/C18H9ClF3N7O2/c19-8-2-1-3-24-15(8)29-10(5-11(28-29)18(20,21)22)16-26-14-9(23)4-7-6-25-27-13(7)12(14)17(30)31-16/h1-6H,23H2,(H,25,27). The second-order valence-electron chi connectivity index (χ2n) is 6.46. The van der Waals surface area contributed by atoms with Crippen molar-refractivity contribution in [3.05, 3.63) is 57.8 Å². The van der Waals surface area contributed by atoms with Crippen molar-refractivity contribution >= 4 is 39.1 Å². The number of aromatic nitrogens is 6. The van der Waals surface area contributed by atoms with E-state index < -0.39 is 23.4 Å². The summed E-state index contributed by atoms with van der Waals surface area (Å²) in [5.74, 6) is -0.538. The molecule has 4 heterocycles. The molecule has 0 spiro atoms. The van der Waals surface area contributed by atoms with Crippen LogP contribution in [-0.2, 0) is 6.18 Å². The third-order valence-corrected chi connectivity index (χ3v) is 4.80. The summed E-state index contributed by atoms with van der Waals surface area (Å²) in [6.45, 7) is 0. The van der Waals surface area contributed by atoms with Crippen molar-refractivity contribution in [2.45, 2.75) is 6.18 Å². The zero-order valence-corrected chi connectivity index (χ0v) is 15.9. The van der Waals surface area contributed by atoms with Crippen LogP contribution >= 0.6 is 11.6 Å². The average molecular weight is 448 g/mol. The van der Waals surface area contributed by atoms with Gasteiger partial charge in [-0.25, -0.2) is 19.4 Å². The molecular weight excluding hydrogens is 439 g/mol. The van der Waals surface area contributed by atoms with E-state index in [4.69, 9.17) is 21.8 Å². The number of hydrogen-bond acceptors (Lipinski definition) is 7. The maximum absolute atomic E-state index is 13.4. The number of rotatable bonds is 2. The lowest BCUT2D eigenvalue weighted by Gasteiger charge is -2.08. The quantitative estimate of drug-likeness (QED) is 0.396. The molecule has 0 aliphatic carbocycles. The number of H-pyrrole nitrogens is 1. The molecule has 0 aliphatic rings. The molecule has 0 saturated heterocycles. The van der Waals surface area contributed by atoms with Crippen LogP contribution in [0.3, 0.4) is 0 Å². The molecule has 0 atom stereocenters. The Morgan fingerprint density at radius 1 is 1.26 bits per heavy atom. The molecule has 0 unspecified atom stereocenters. The van der Waals surface area contributed by atoms with Gasteiger partial charge in [0.2, 0.25) is 5.89 Å². The molecule has 0 radical (unpaired) electrons. The minimum absolute atomic E-state index is 0.0224. The normalized spacial score (nSPS) is 12.1. The lowest BCUT2D eigenvalue weighted by atomic mass is 10.1. The Labute approximate surface area is 174 Å². The van der Waals surface area contributed by atoms with Gasteiger partial charge in [0, 0.05) is 17.6 Å². The molecule has 0 aliphatic heterocycles. The lowest BCUT2D eigenvalue weighted by molar-refractivity contribution is -0.141. The number of aromatic amines is 1. The Balaban J connectivity index is 1.83. The number of anilines is 1. The van der Waals surface area contributed by atoms with Gasteiger partial charge in [0.25, 0.3) is 0 Å². The number of nitrogens with one attached hydrogen (secondary N) is 1. The van der Waals surface area contributed by atoms with Gasteiger partial charge in [0.1, 0.15) is 16.6 Å². The molecule has 9 nitrogen and oxygen atoms in total. The highest BCUT2D eigenvalue weighted by atomic mass is 35.5. The topological polar surface area (TPSA) is 129 Å². The van der Waals surface area contributed by atoms with E-state index >= 15 is 0 Å². The molecule has 156 valence electrons. The van der Waals surface area contributed by atoms with E-state index in [1.54, 1.807) is 0 Å². The number of nitrogens with zero attached hydrogens (tertiary/aromatic N) is 5. The average Bonchev–Trinajstić information content (AvgIpc) is 3.35. The van der Waals surface area contributed by atoms with Crippen LogP contribution in [0.4, 0.5) is 18.9 Å². The molecule has 0 saturated carbocycles. The molecule has 0 bridgehead atoms. The minimum Gasteiger partial charge on any atom is -0.401 e. The fraction of sp³-hybridized carbons (Fsp3) is 0.0556. The third-order valence-electron chi connectivity index (χ3n) is 4.51. The van der Waals surface area contributed by atoms with Crippen molar-refractivity contribution in [2.75, 3.05) is 5.73 Å². The molecule has 13 heteroatoms. The molecule has 4 aromatic heterocycles. The van der Waals surface area contributed by atoms with E-state index in [-0.39, 0.29) is 33.1 Å². The van der Waals surface area contributed by atoms with Gasteiger partial charge in [-0.15, -0.1) is 0 Å². The van der Waals surface area contributed by atoms with Crippen molar-refractivity contribution in [3.63, 3.8) is 0 Å². The van der Waals surface area contributed by atoms with Crippen molar-refractivity contribution in [1.29, 1.82) is 0 Å². The lowest BCUT2D eigenvalue weighted by Crippen LogP contribution is -2.10. The maximum Gasteiger partial charge on any atom is 0.435 e. The Hall–Kier alpha value is -3.93. The first-order valence-electron chi connectivity index (χ1n) is 8.59. The molecule has 0 fully saturated rings. The second kappa shape index (κ2) is 6.54. The van der Waals surface area contributed by atoms with E-state index in [9.17, 15) is 18.0 Å². The van der Waals surface area contributed by atoms with E-state index in [0.29, 0.717) is 17.0 Å². The summed E-state index contributed by atoms with van der Waals surface area (Å²) in [5, 5.41) is 10.7. The smallest absolute Gasteiger partial charge is 0.401 e. The van der Waals surface area contributed by atoms with Crippen molar-refractivity contribution in [1.82, 2.24) is 29.9 Å². The van der Waals surface area contributed by atoms with E-state index in [2.05, 4.69) is 25.3 Å². The fourth-order valence-corrected chi connectivity index (χ4v) is 3.36. The summed E-state index contributed by atoms with van der Waals surface area (Å²) in [6, 6.07) is 5.16. The zero-order valence-electron chi connectivity index (χ0n) is 15.1. The van der Waals surface area contributed by atoms with Gasteiger partial charge in [-0.2, -0.15) is 23.4 Å². The third kappa shape index (κ3) is 2.99. The van der Waals surface area contributed by atoms with Crippen LogP contribution in [0.15, 0.2) is 45.9 Å². The van der Waals surface area contributed by atoms with Crippen LogP contribution in [-0.4, -0.2) is 29.9 Å². The first-order chi connectivity index (χ1) is 14.7. The number of halogens is 4. The number of benzene rings is 1. The number of hydrogen-bond donors (Lipinski definition) is 2. The molecule has 5 aromatic rings. The van der Waals surface area contributed by atoms with E-state index in [0.717, 1.165) is 4.68 Å². The van der Waals surface area contributed by atoms with Gasteiger partial charge in [-0.3, -0.25) is 5.10 Å². The summed E-state index contributed by atoms with van der Waals surface area (Å²) in [6.07, 6.45) is -1.98. The summed E-state index contributed by atoms with van der Waals surface area (Å²) in [4.78, 5) is 20.9. The monoisotopic (exact) mass is 447 g/mol. The number of alkyl halides is 3. The highest BCUT2D eigenvalue weighted by molar-refractivity contribution is 6.32. The Kier molecular flexibility index (Phi) is 4.02. The highest BCUT2D eigenvalue weighted by Crippen LogP contribution is 2.34. The SMILES string of the molecule is Nc1cc2cn[nH]c2c2c(=O)oc(-c3cc(C(F)(F)F)nn3-c3ncccc3Cl)nc12. The van der Waals surface area contributed by atoms with Gasteiger partial charge in [0.15, 0.2) is 11.5 Å². The number of nitrogens with two attached hydrogens (primary N) is 1. The maximum atomic E-state index is 13.4. The molecule has 5 rings (SSSR count). The van der Waals surface area contributed by atoms with Gasteiger partial charge in [-0.1, -0.05) is 11.6 Å². The van der Waals surface area contributed by atoms with Crippen molar-refractivity contribution in [3.8, 4) is 17.4 Å². The van der Waals surface area contributed by atoms with Crippen LogP contribution in [0.2, 0.25) is 5.02 Å². The first-order valence-corrected chi connectivity index (χ1v) is 8.97. The second-order valence-corrected chi connectivity index (χ2v) is 6.87. The minimum atomic E-state index is -4.78. The summed E-state index contributed by atoms with van der Waals surface area (Å²) < 4.78 is 46.2. The first kappa shape index (κ1) is 19.1. The largest absolute Gasteiger partial charge is 0.435 e. The molecule has 3 N–H and O–H groups in total. The fourth-order valence-electron chi connectivity index (χ4n) is 3.16. The summed E-state index contributed by atoms with van der Waals surface area (Å²) in [5.41, 5.74) is 4.13. The van der Waals surface area contributed by atoms with Crippen molar-refractivity contribution in [2.24, 2.45) is 0 Å². The molecule has 1 aromatic carbocycles. The number of fused-ring (bicyclic) bond motifs is 3. The highest BCUT2D eigenvalue weighted by Gasteiger charge is 2.36. The van der Waals surface area contributed by atoms with Gasteiger partial charge in [-0.05, 0) is 18.2 Å². The molecule has 31 heavy (non-hydrogen) atoms. The predicted molar refractivity (Wildman–Crippen MR) is 105 cm³/mol. The van der Waals surface area contributed by atoms with Crippen LogP contribution in [0.1, 0.15) is 5.69 Å². The molecular formula is C18H9ClF3N7O2. The van der Waals surface area contributed by atoms with Crippen LogP contribution in [0.25, 0.3) is 39.2 Å². The Bertz CT molecular complexity index is 1540. The Morgan fingerprint density at radius 2 is 2.06 bits per heavy atom. The van der Waals surface area contributed by atoms with Gasteiger partial charge < -0.3 is 10.2 Å². The molecule has 0 amide bonds. The summed E-state index contributed by atoms with van der Waals surface area (Å²) >= 11 is 6.10. The Morgan fingerprint density at radius 3 is 2.81 bits per heavy atom. The number of nitrogen functional groups attached to an aromatic ring is 1. The zero-order chi connectivity index (χ0) is 21.9. The van der Waals surface area contributed by atoms with Crippen molar-refractivity contribution < 1.29 is 17.6 Å². The van der Waals surface area contributed by atoms with E-state index in [1.807, 2.05) is 0 Å². The number of pyridine rings is 1. The van der Waals surface area contributed by atoms with Crippen LogP contribution < -0.4 is 11.4 Å².